The molecule has 0 aliphatic heterocycles. The normalized spacial score (nSPS) is 15.5. The zero-order chi connectivity index (χ0) is 12.3. The minimum Gasteiger partial charge on any atom is -0.353 e. The molecule has 0 radical (unpaired) electrons. The largest absolute Gasteiger partial charge is 0.353 e. The van der Waals surface area contributed by atoms with Crippen molar-refractivity contribution in [2.75, 3.05) is 0 Å². The maximum Gasteiger partial charge on any atom is 0.220 e. The summed E-state index contributed by atoms with van der Waals surface area (Å²) in [5, 5.41) is 3.00. The Morgan fingerprint density at radius 1 is 1.18 bits per heavy atom. The van der Waals surface area contributed by atoms with Crippen molar-refractivity contribution < 1.29 is 4.79 Å². The van der Waals surface area contributed by atoms with Crippen LogP contribution in [0.25, 0.3) is 0 Å². The SMILES string of the molecule is C=CCC=CCC=CCCCC(=O)NC1CC1. The number of allylic oxidation sites excluding steroid dienone is 5. The monoisotopic (exact) mass is 233 g/mol. The fourth-order valence-corrected chi connectivity index (χ4v) is 1.49. The van der Waals surface area contributed by atoms with Gasteiger partial charge >= 0.3 is 0 Å². The van der Waals surface area contributed by atoms with Crippen molar-refractivity contribution >= 4 is 5.91 Å². The van der Waals surface area contributed by atoms with Crippen LogP contribution in [-0.4, -0.2) is 11.9 Å². The lowest BCUT2D eigenvalue weighted by atomic mass is 10.2. The highest BCUT2D eigenvalue weighted by molar-refractivity contribution is 5.76. The summed E-state index contributed by atoms with van der Waals surface area (Å²) >= 11 is 0. The zero-order valence-electron chi connectivity index (χ0n) is 10.5. The highest BCUT2D eigenvalue weighted by atomic mass is 16.1. The quantitative estimate of drug-likeness (QED) is 0.479. The minimum atomic E-state index is 0.215. The van der Waals surface area contributed by atoms with E-state index >= 15 is 0 Å². The number of rotatable bonds is 9. The van der Waals surface area contributed by atoms with Crippen LogP contribution in [0.2, 0.25) is 0 Å². The average molecular weight is 233 g/mol. The smallest absolute Gasteiger partial charge is 0.220 e. The molecule has 0 aromatic rings. The zero-order valence-corrected chi connectivity index (χ0v) is 10.5. The van der Waals surface area contributed by atoms with Crippen LogP contribution in [0.1, 0.15) is 44.9 Å². The van der Waals surface area contributed by atoms with Crippen LogP contribution in [0.5, 0.6) is 0 Å². The number of amides is 1. The van der Waals surface area contributed by atoms with Crippen LogP contribution in [0.3, 0.4) is 0 Å². The van der Waals surface area contributed by atoms with Gasteiger partial charge in [0.1, 0.15) is 0 Å². The van der Waals surface area contributed by atoms with Gasteiger partial charge in [-0.05, 0) is 38.5 Å². The molecule has 1 saturated carbocycles. The topological polar surface area (TPSA) is 29.1 Å². The third-order valence-electron chi connectivity index (χ3n) is 2.63. The third kappa shape index (κ3) is 8.49. The lowest BCUT2D eigenvalue weighted by Crippen LogP contribution is -2.24. The Bertz CT molecular complexity index is 287. The number of hydrogen-bond donors (Lipinski definition) is 1. The van der Waals surface area contributed by atoms with Gasteiger partial charge in [0, 0.05) is 12.5 Å². The van der Waals surface area contributed by atoms with Crippen molar-refractivity contribution in [2.45, 2.75) is 51.0 Å². The molecule has 2 heteroatoms. The molecule has 0 unspecified atom stereocenters. The number of carbonyl (C=O) groups excluding carboxylic acids is 1. The number of carbonyl (C=O) groups is 1. The fourth-order valence-electron chi connectivity index (χ4n) is 1.49. The molecule has 1 amide bonds. The Balaban J connectivity index is 1.89. The van der Waals surface area contributed by atoms with Crippen LogP contribution < -0.4 is 5.32 Å². The van der Waals surface area contributed by atoms with E-state index in [1.54, 1.807) is 0 Å². The first kappa shape index (κ1) is 13.8. The van der Waals surface area contributed by atoms with E-state index in [4.69, 9.17) is 0 Å². The Morgan fingerprint density at radius 3 is 2.59 bits per heavy atom. The van der Waals surface area contributed by atoms with Gasteiger partial charge in [-0.15, -0.1) is 6.58 Å². The number of hydrogen-bond acceptors (Lipinski definition) is 1. The summed E-state index contributed by atoms with van der Waals surface area (Å²) in [4.78, 5) is 11.3. The van der Waals surface area contributed by atoms with E-state index in [0.29, 0.717) is 12.5 Å². The third-order valence-corrected chi connectivity index (χ3v) is 2.63. The highest BCUT2D eigenvalue weighted by Crippen LogP contribution is 2.18. The minimum absolute atomic E-state index is 0.215. The molecule has 0 bridgehead atoms. The van der Waals surface area contributed by atoms with Gasteiger partial charge in [0.05, 0.1) is 0 Å². The van der Waals surface area contributed by atoms with E-state index in [2.05, 4.69) is 36.2 Å². The maximum absolute atomic E-state index is 11.3. The summed E-state index contributed by atoms with van der Waals surface area (Å²) in [6.45, 7) is 3.65. The summed E-state index contributed by atoms with van der Waals surface area (Å²) in [6.07, 6.45) is 17.3. The molecule has 0 aromatic heterocycles. The van der Waals surface area contributed by atoms with Crippen LogP contribution in [0, 0.1) is 0 Å². The number of nitrogens with one attached hydrogen (secondary N) is 1. The summed E-state index contributed by atoms with van der Waals surface area (Å²) in [7, 11) is 0. The highest BCUT2D eigenvalue weighted by Gasteiger charge is 2.22. The Kier molecular flexibility index (Phi) is 7.12. The summed E-state index contributed by atoms with van der Waals surface area (Å²) in [5.41, 5.74) is 0. The van der Waals surface area contributed by atoms with E-state index in [0.717, 1.165) is 25.7 Å². The Morgan fingerprint density at radius 2 is 1.88 bits per heavy atom. The average Bonchev–Trinajstić information content (AvgIpc) is 3.11. The molecule has 17 heavy (non-hydrogen) atoms. The lowest BCUT2D eigenvalue weighted by molar-refractivity contribution is -0.121. The van der Waals surface area contributed by atoms with Crippen molar-refractivity contribution in [3.05, 3.63) is 37.0 Å². The molecule has 1 aliphatic carbocycles. The predicted octanol–water partition coefficient (Wildman–Crippen LogP) is 3.51. The molecule has 1 N–H and O–H groups in total. The van der Waals surface area contributed by atoms with Crippen LogP contribution in [0.4, 0.5) is 0 Å². The summed E-state index contributed by atoms with van der Waals surface area (Å²) in [6, 6.07) is 0.494. The molecule has 1 aliphatic rings. The van der Waals surface area contributed by atoms with Gasteiger partial charge in [0.2, 0.25) is 5.91 Å². The number of unbranched alkanes of at least 4 members (excludes halogenated alkanes) is 1. The molecule has 0 spiro atoms. The maximum atomic E-state index is 11.3. The molecule has 0 atom stereocenters. The van der Waals surface area contributed by atoms with Crippen molar-refractivity contribution in [1.82, 2.24) is 5.32 Å². The first-order valence-electron chi connectivity index (χ1n) is 6.53. The lowest BCUT2D eigenvalue weighted by Gasteiger charge is -2.00. The molecule has 0 heterocycles. The van der Waals surface area contributed by atoms with Crippen molar-refractivity contribution in [3.63, 3.8) is 0 Å². The van der Waals surface area contributed by atoms with Gasteiger partial charge in [-0.3, -0.25) is 4.79 Å². The first-order chi connectivity index (χ1) is 8.33. The van der Waals surface area contributed by atoms with E-state index in [1.807, 2.05) is 6.08 Å². The van der Waals surface area contributed by atoms with Gasteiger partial charge in [0.25, 0.3) is 0 Å². The molecule has 94 valence electrons. The molecule has 0 aromatic carbocycles. The second-order valence-electron chi connectivity index (χ2n) is 4.44. The second-order valence-corrected chi connectivity index (χ2v) is 4.44. The standard InChI is InChI=1S/C15H23NO/c1-2-3-4-5-6-7-8-9-10-11-15(17)16-14-12-13-14/h2,4-5,7-8,14H,1,3,6,9-13H2,(H,16,17). The Labute approximate surface area is 104 Å². The van der Waals surface area contributed by atoms with Crippen molar-refractivity contribution in [1.29, 1.82) is 0 Å². The van der Waals surface area contributed by atoms with Crippen LogP contribution in [-0.2, 0) is 4.79 Å². The van der Waals surface area contributed by atoms with E-state index in [-0.39, 0.29) is 5.91 Å². The van der Waals surface area contributed by atoms with Crippen molar-refractivity contribution in [3.8, 4) is 0 Å². The molecule has 1 fully saturated rings. The fraction of sp³-hybridized carbons (Fsp3) is 0.533. The van der Waals surface area contributed by atoms with Crippen LogP contribution in [0.15, 0.2) is 37.0 Å². The van der Waals surface area contributed by atoms with E-state index in [1.165, 1.54) is 12.8 Å². The molecular weight excluding hydrogens is 210 g/mol. The second kappa shape index (κ2) is 8.80. The van der Waals surface area contributed by atoms with Gasteiger partial charge in [0.15, 0.2) is 0 Å². The van der Waals surface area contributed by atoms with Gasteiger partial charge in [-0.1, -0.05) is 30.4 Å². The molecule has 0 saturated heterocycles. The molecule has 1 rings (SSSR count). The predicted molar refractivity (Wildman–Crippen MR) is 72.7 cm³/mol. The van der Waals surface area contributed by atoms with E-state index < -0.39 is 0 Å². The molecule has 2 nitrogen and oxygen atoms in total. The Hall–Kier alpha value is -1.31. The summed E-state index contributed by atoms with van der Waals surface area (Å²) < 4.78 is 0. The van der Waals surface area contributed by atoms with Gasteiger partial charge in [-0.25, -0.2) is 0 Å². The van der Waals surface area contributed by atoms with Gasteiger partial charge < -0.3 is 5.32 Å². The van der Waals surface area contributed by atoms with E-state index in [9.17, 15) is 4.79 Å². The van der Waals surface area contributed by atoms with Crippen LogP contribution >= 0.6 is 0 Å². The van der Waals surface area contributed by atoms with Gasteiger partial charge in [-0.2, -0.15) is 0 Å². The summed E-state index contributed by atoms with van der Waals surface area (Å²) in [5.74, 6) is 0.215. The first-order valence-corrected chi connectivity index (χ1v) is 6.53. The van der Waals surface area contributed by atoms with Crippen molar-refractivity contribution in [2.24, 2.45) is 0 Å². The molecular formula is C15H23NO.